The Morgan fingerprint density at radius 1 is 1.33 bits per heavy atom. The summed E-state index contributed by atoms with van der Waals surface area (Å²) in [5.41, 5.74) is 0. The van der Waals surface area contributed by atoms with Crippen LogP contribution >= 0.6 is 11.8 Å². The molecular formula is C15H21N3O2S. The number of carbonyl (C=O) groups excluding carboxylic acids is 2. The van der Waals surface area contributed by atoms with Crippen molar-refractivity contribution in [3.05, 3.63) is 24.4 Å². The fraction of sp³-hybridized carbons (Fsp3) is 0.533. The molecule has 0 saturated heterocycles. The van der Waals surface area contributed by atoms with Crippen LogP contribution in [0.5, 0.6) is 0 Å². The van der Waals surface area contributed by atoms with Crippen LogP contribution in [0.4, 0.5) is 4.79 Å². The zero-order valence-electron chi connectivity index (χ0n) is 12.2. The summed E-state index contributed by atoms with van der Waals surface area (Å²) in [6.45, 7) is 2.14. The molecular weight excluding hydrogens is 286 g/mol. The zero-order chi connectivity index (χ0) is 15.1. The number of nitrogens with one attached hydrogen (secondary N) is 2. The van der Waals surface area contributed by atoms with Crippen LogP contribution in [0, 0.1) is 5.92 Å². The summed E-state index contributed by atoms with van der Waals surface area (Å²) in [5, 5.41) is 6.05. The summed E-state index contributed by atoms with van der Waals surface area (Å²) >= 11 is 1.31. The van der Waals surface area contributed by atoms with E-state index in [0.29, 0.717) is 5.92 Å². The van der Waals surface area contributed by atoms with Gasteiger partial charge in [0.2, 0.25) is 5.91 Å². The molecule has 21 heavy (non-hydrogen) atoms. The van der Waals surface area contributed by atoms with E-state index in [2.05, 4.69) is 22.5 Å². The third-order valence-electron chi connectivity index (χ3n) is 3.67. The highest BCUT2D eigenvalue weighted by Gasteiger charge is 2.23. The van der Waals surface area contributed by atoms with Gasteiger partial charge in [-0.15, -0.1) is 0 Å². The van der Waals surface area contributed by atoms with E-state index in [4.69, 9.17) is 0 Å². The summed E-state index contributed by atoms with van der Waals surface area (Å²) < 4.78 is 0. The molecule has 1 aromatic heterocycles. The number of imide groups is 1. The van der Waals surface area contributed by atoms with Gasteiger partial charge in [0.05, 0.1) is 10.8 Å². The predicted molar refractivity (Wildman–Crippen MR) is 83.1 cm³/mol. The summed E-state index contributed by atoms with van der Waals surface area (Å²) in [7, 11) is 0. The number of amides is 3. The van der Waals surface area contributed by atoms with Crippen LogP contribution in [-0.4, -0.2) is 28.7 Å². The number of nitrogens with zero attached hydrogens (tertiary/aromatic N) is 1. The lowest BCUT2D eigenvalue weighted by Crippen LogP contribution is -2.48. The minimum Gasteiger partial charge on any atom is -0.335 e. The van der Waals surface area contributed by atoms with Gasteiger partial charge >= 0.3 is 6.03 Å². The molecule has 5 nitrogen and oxygen atoms in total. The van der Waals surface area contributed by atoms with Crippen molar-refractivity contribution in [1.82, 2.24) is 15.6 Å². The van der Waals surface area contributed by atoms with E-state index in [-0.39, 0.29) is 23.7 Å². The highest BCUT2D eigenvalue weighted by molar-refractivity contribution is 7.99. The smallest absolute Gasteiger partial charge is 0.321 e. The standard InChI is InChI=1S/C15H21N3O2S/c1-11-6-2-3-7-12(11)17-15(20)18-13(19)10-21-14-8-4-5-9-16-14/h4-5,8-9,11-12H,2-3,6-7,10H2,1H3,(H2,17,18,19,20)/t11-,12-/m0/s1. The normalized spacial score (nSPS) is 21.6. The third-order valence-corrected chi connectivity index (χ3v) is 4.61. The average molecular weight is 307 g/mol. The van der Waals surface area contributed by atoms with Gasteiger partial charge in [0.1, 0.15) is 0 Å². The van der Waals surface area contributed by atoms with Gasteiger partial charge in [-0.05, 0) is 30.9 Å². The predicted octanol–water partition coefficient (Wildman–Crippen LogP) is 2.58. The van der Waals surface area contributed by atoms with E-state index in [1.807, 2.05) is 18.2 Å². The summed E-state index contributed by atoms with van der Waals surface area (Å²) in [5.74, 6) is 0.360. The number of hydrogen-bond acceptors (Lipinski definition) is 4. The van der Waals surface area contributed by atoms with E-state index in [0.717, 1.165) is 24.3 Å². The van der Waals surface area contributed by atoms with Crippen LogP contribution in [0.3, 0.4) is 0 Å². The van der Waals surface area contributed by atoms with E-state index < -0.39 is 0 Å². The minimum absolute atomic E-state index is 0.176. The second-order valence-corrected chi connectivity index (χ2v) is 6.34. The summed E-state index contributed by atoms with van der Waals surface area (Å²) in [6.07, 6.45) is 6.16. The fourth-order valence-electron chi connectivity index (χ4n) is 2.47. The number of thioether (sulfide) groups is 1. The monoisotopic (exact) mass is 307 g/mol. The van der Waals surface area contributed by atoms with Crippen molar-refractivity contribution in [2.75, 3.05) is 5.75 Å². The van der Waals surface area contributed by atoms with Crippen LogP contribution in [0.1, 0.15) is 32.6 Å². The maximum atomic E-state index is 11.8. The first-order valence-corrected chi connectivity index (χ1v) is 8.28. The molecule has 1 aliphatic rings. The Balaban J connectivity index is 1.70. The molecule has 1 aliphatic carbocycles. The Labute approximate surface area is 129 Å². The van der Waals surface area contributed by atoms with E-state index >= 15 is 0 Å². The first-order valence-electron chi connectivity index (χ1n) is 7.29. The highest BCUT2D eigenvalue weighted by atomic mass is 32.2. The molecule has 1 aromatic rings. The quantitative estimate of drug-likeness (QED) is 0.839. The molecule has 0 bridgehead atoms. The number of pyridine rings is 1. The number of carbonyl (C=O) groups is 2. The van der Waals surface area contributed by atoms with Crippen molar-refractivity contribution >= 4 is 23.7 Å². The topological polar surface area (TPSA) is 71.1 Å². The average Bonchev–Trinajstić information content (AvgIpc) is 2.48. The van der Waals surface area contributed by atoms with Gasteiger partial charge in [-0.2, -0.15) is 0 Å². The minimum atomic E-state index is -0.389. The van der Waals surface area contributed by atoms with E-state index in [9.17, 15) is 9.59 Å². The van der Waals surface area contributed by atoms with Gasteiger partial charge in [-0.25, -0.2) is 9.78 Å². The molecule has 2 rings (SSSR count). The van der Waals surface area contributed by atoms with Gasteiger partial charge in [0, 0.05) is 12.2 Å². The number of aromatic nitrogens is 1. The molecule has 0 spiro atoms. The van der Waals surface area contributed by atoms with Crippen LogP contribution in [0.2, 0.25) is 0 Å². The summed E-state index contributed by atoms with van der Waals surface area (Å²) in [4.78, 5) is 27.7. The first kappa shape index (κ1) is 15.8. The molecule has 1 heterocycles. The van der Waals surface area contributed by atoms with Crippen molar-refractivity contribution in [2.45, 2.75) is 43.7 Å². The second kappa shape index (κ2) is 8.02. The van der Waals surface area contributed by atoms with Gasteiger partial charge < -0.3 is 5.32 Å². The largest absolute Gasteiger partial charge is 0.335 e. The Bertz CT molecular complexity index is 481. The fourth-order valence-corrected chi connectivity index (χ4v) is 3.13. The molecule has 6 heteroatoms. The Morgan fingerprint density at radius 3 is 2.86 bits per heavy atom. The Kier molecular flexibility index (Phi) is 6.04. The zero-order valence-corrected chi connectivity index (χ0v) is 13.0. The van der Waals surface area contributed by atoms with E-state index in [1.165, 1.54) is 18.2 Å². The van der Waals surface area contributed by atoms with E-state index in [1.54, 1.807) is 6.20 Å². The molecule has 2 atom stereocenters. The molecule has 2 N–H and O–H groups in total. The molecule has 0 radical (unpaired) electrons. The van der Waals surface area contributed by atoms with Crippen molar-refractivity contribution < 1.29 is 9.59 Å². The van der Waals surface area contributed by atoms with Crippen LogP contribution < -0.4 is 10.6 Å². The maximum absolute atomic E-state index is 11.8. The molecule has 114 valence electrons. The first-order chi connectivity index (χ1) is 10.1. The van der Waals surface area contributed by atoms with Crippen molar-refractivity contribution in [3.63, 3.8) is 0 Å². The van der Waals surface area contributed by atoms with Crippen LogP contribution in [0.15, 0.2) is 29.4 Å². The highest BCUT2D eigenvalue weighted by Crippen LogP contribution is 2.23. The van der Waals surface area contributed by atoms with Gasteiger partial charge in [-0.3, -0.25) is 10.1 Å². The SMILES string of the molecule is C[C@H]1CCCC[C@@H]1NC(=O)NC(=O)CSc1ccccn1. The lowest BCUT2D eigenvalue weighted by Gasteiger charge is -2.29. The van der Waals surface area contributed by atoms with Gasteiger partial charge in [0.25, 0.3) is 0 Å². The maximum Gasteiger partial charge on any atom is 0.321 e. The van der Waals surface area contributed by atoms with Crippen LogP contribution in [0.25, 0.3) is 0 Å². The van der Waals surface area contributed by atoms with Crippen molar-refractivity contribution in [2.24, 2.45) is 5.92 Å². The summed E-state index contributed by atoms with van der Waals surface area (Å²) in [6, 6.07) is 5.31. The second-order valence-electron chi connectivity index (χ2n) is 5.35. The lowest BCUT2D eigenvalue weighted by atomic mass is 9.86. The molecule has 1 fully saturated rings. The molecule has 0 aliphatic heterocycles. The van der Waals surface area contributed by atoms with Crippen LogP contribution in [-0.2, 0) is 4.79 Å². The van der Waals surface area contributed by atoms with Gasteiger partial charge in [0.15, 0.2) is 0 Å². The molecule has 0 unspecified atom stereocenters. The number of hydrogen-bond donors (Lipinski definition) is 2. The number of urea groups is 1. The molecule has 3 amide bonds. The Morgan fingerprint density at radius 2 is 2.14 bits per heavy atom. The lowest BCUT2D eigenvalue weighted by molar-refractivity contribution is -0.117. The molecule has 0 aromatic carbocycles. The Hall–Kier alpha value is -1.56. The molecule has 1 saturated carbocycles. The van der Waals surface area contributed by atoms with Gasteiger partial charge in [-0.1, -0.05) is 37.6 Å². The number of rotatable bonds is 4. The third kappa shape index (κ3) is 5.38. The van der Waals surface area contributed by atoms with Crippen molar-refractivity contribution in [1.29, 1.82) is 0 Å². The van der Waals surface area contributed by atoms with Crippen molar-refractivity contribution in [3.8, 4) is 0 Å².